The molecule has 2 N–H and O–H groups in total. The van der Waals surface area contributed by atoms with Crippen LogP contribution in [0.15, 0.2) is 30.6 Å². The first-order chi connectivity index (χ1) is 9.65. The van der Waals surface area contributed by atoms with Gasteiger partial charge in [0.25, 0.3) is 5.91 Å². The summed E-state index contributed by atoms with van der Waals surface area (Å²) in [5.74, 6) is 1.00. The second-order valence-corrected chi connectivity index (χ2v) is 5.78. The quantitative estimate of drug-likeness (QED) is 0.913. The average Bonchev–Trinajstić information content (AvgIpc) is 2.89. The molecular weight excluding hydrogens is 286 g/mol. The molecule has 0 aromatic carbocycles. The SMILES string of the molecule is CC(C)C[C@@H]1CNC(=O)c2cc(-c3ccncc3)[nH]c21.Cl. The van der Waals surface area contributed by atoms with Gasteiger partial charge in [-0.3, -0.25) is 9.78 Å². The maximum atomic E-state index is 12.0. The molecule has 0 radical (unpaired) electrons. The number of hydrogen-bond donors (Lipinski definition) is 2. The average molecular weight is 306 g/mol. The van der Waals surface area contributed by atoms with E-state index in [4.69, 9.17) is 0 Å². The highest BCUT2D eigenvalue weighted by atomic mass is 35.5. The van der Waals surface area contributed by atoms with Crippen molar-refractivity contribution in [3.05, 3.63) is 41.9 Å². The van der Waals surface area contributed by atoms with Crippen LogP contribution in [-0.2, 0) is 0 Å². The highest BCUT2D eigenvalue weighted by Gasteiger charge is 2.28. The predicted octanol–water partition coefficient (Wildman–Crippen LogP) is 3.37. The fraction of sp³-hybridized carbons (Fsp3) is 0.375. The van der Waals surface area contributed by atoms with Crippen LogP contribution < -0.4 is 5.32 Å². The van der Waals surface area contributed by atoms with E-state index in [1.807, 2.05) is 18.2 Å². The zero-order valence-electron chi connectivity index (χ0n) is 12.2. The van der Waals surface area contributed by atoms with Crippen LogP contribution in [0.1, 0.15) is 42.2 Å². The van der Waals surface area contributed by atoms with Crippen molar-refractivity contribution >= 4 is 18.3 Å². The van der Waals surface area contributed by atoms with Gasteiger partial charge >= 0.3 is 0 Å². The Hall–Kier alpha value is -1.81. The van der Waals surface area contributed by atoms with Crippen molar-refractivity contribution in [2.75, 3.05) is 6.54 Å². The molecule has 1 aliphatic rings. The first-order valence-corrected chi connectivity index (χ1v) is 7.06. The van der Waals surface area contributed by atoms with Crippen LogP contribution in [0.3, 0.4) is 0 Å². The van der Waals surface area contributed by atoms with Gasteiger partial charge in [0.1, 0.15) is 0 Å². The largest absolute Gasteiger partial charge is 0.357 e. The number of amides is 1. The Bertz CT molecular complexity index is 622. The Kier molecular flexibility index (Phi) is 4.68. The smallest absolute Gasteiger partial charge is 0.253 e. The summed E-state index contributed by atoms with van der Waals surface area (Å²) in [7, 11) is 0. The number of rotatable bonds is 3. The van der Waals surface area contributed by atoms with Crippen LogP contribution in [0.25, 0.3) is 11.3 Å². The number of aromatic nitrogens is 2. The van der Waals surface area contributed by atoms with Gasteiger partial charge in [-0.2, -0.15) is 0 Å². The van der Waals surface area contributed by atoms with E-state index in [1.54, 1.807) is 12.4 Å². The molecule has 0 aliphatic carbocycles. The summed E-state index contributed by atoms with van der Waals surface area (Å²) in [6.45, 7) is 5.14. The van der Waals surface area contributed by atoms with Crippen LogP contribution in [0.5, 0.6) is 0 Å². The van der Waals surface area contributed by atoms with Gasteiger partial charge in [-0.05, 0) is 30.5 Å². The minimum atomic E-state index is 0. The lowest BCUT2D eigenvalue weighted by atomic mass is 9.89. The van der Waals surface area contributed by atoms with Gasteiger partial charge in [0, 0.05) is 41.8 Å². The number of fused-ring (bicyclic) bond motifs is 1. The number of nitrogens with zero attached hydrogens (tertiary/aromatic N) is 1. The van der Waals surface area contributed by atoms with Crippen molar-refractivity contribution in [3.8, 4) is 11.3 Å². The number of aromatic amines is 1. The van der Waals surface area contributed by atoms with Crippen LogP contribution >= 0.6 is 12.4 Å². The second-order valence-electron chi connectivity index (χ2n) is 5.78. The second kappa shape index (κ2) is 6.31. The molecule has 5 heteroatoms. The van der Waals surface area contributed by atoms with Crippen molar-refractivity contribution in [3.63, 3.8) is 0 Å². The Balaban J connectivity index is 0.00000161. The maximum Gasteiger partial charge on any atom is 0.253 e. The summed E-state index contributed by atoms with van der Waals surface area (Å²) in [5.41, 5.74) is 3.91. The molecule has 2 aromatic heterocycles. The lowest BCUT2D eigenvalue weighted by Gasteiger charge is -2.24. The van der Waals surface area contributed by atoms with E-state index in [9.17, 15) is 4.79 Å². The molecule has 0 bridgehead atoms. The molecule has 1 amide bonds. The third-order valence-corrected chi connectivity index (χ3v) is 3.76. The molecule has 2 aromatic rings. The molecule has 1 aliphatic heterocycles. The molecule has 0 unspecified atom stereocenters. The van der Waals surface area contributed by atoms with E-state index in [1.165, 1.54) is 0 Å². The monoisotopic (exact) mass is 305 g/mol. The normalized spacial score (nSPS) is 17.1. The van der Waals surface area contributed by atoms with E-state index in [0.717, 1.165) is 35.5 Å². The van der Waals surface area contributed by atoms with E-state index in [2.05, 4.69) is 29.1 Å². The van der Waals surface area contributed by atoms with E-state index in [-0.39, 0.29) is 18.3 Å². The van der Waals surface area contributed by atoms with Gasteiger partial charge in [-0.1, -0.05) is 13.8 Å². The van der Waals surface area contributed by atoms with Crippen LogP contribution in [0.4, 0.5) is 0 Å². The molecule has 0 saturated heterocycles. The Labute approximate surface area is 130 Å². The highest BCUT2D eigenvalue weighted by Crippen LogP contribution is 2.32. The van der Waals surface area contributed by atoms with Gasteiger partial charge in [0.2, 0.25) is 0 Å². The maximum absolute atomic E-state index is 12.0. The Morgan fingerprint density at radius 1 is 1.33 bits per heavy atom. The van der Waals surface area contributed by atoms with E-state index in [0.29, 0.717) is 11.8 Å². The fourth-order valence-electron chi connectivity index (χ4n) is 2.85. The summed E-state index contributed by atoms with van der Waals surface area (Å²) in [5, 5.41) is 2.99. The number of nitrogens with one attached hydrogen (secondary N) is 2. The molecule has 0 fully saturated rings. The lowest BCUT2D eigenvalue weighted by molar-refractivity contribution is 0.0938. The number of carbonyl (C=O) groups excluding carboxylic acids is 1. The number of carbonyl (C=O) groups is 1. The zero-order valence-corrected chi connectivity index (χ0v) is 13.0. The van der Waals surface area contributed by atoms with Gasteiger partial charge in [0.15, 0.2) is 0 Å². The predicted molar refractivity (Wildman–Crippen MR) is 85.8 cm³/mol. The van der Waals surface area contributed by atoms with Gasteiger partial charge in [-0.25, -0.2) is 0 Å². The summed E-state index contributed by atoms with van der Waals surface area (Å²) in [4.78, 5) is 19.5. The van der Waals surface area contributed by atoms with Crippen molar-refractivity contribution in [2.24, 2.45) is 5.92 Å². The molecular formula is C16H20ClN3O. The minimum absolute atomic E-state index is 0. The zero-order chi connectivity index (χ0) is 14.1. The molecule has 112 valence electrons. The first kappa shape index (κ1) is 15.6. The summed E-state index contributed by atoms with van der Waals surface area (Å²) >= 11 is 0. The third kappa shape index (κ3) is 3.10. The van der Waals surface area contributed by atoms with Crippen molar-refractivity contribution in [2.45, 2.75) is 26.2 Å². The minimum Gasteiger partial charge on any atom is -0.357 e. The summed E-state index contributed by atoms with van der Waals surface area (Å²) in [6, 6.07) is 5.85. The van der Waals surface area contributed by atoms with Crippen LogP contribution in [0, 0.1) is 5.92 Å². The van der Waals surface area contributed by atoms with Crippen molar-refractivity contribution in [1.82, 2.24) is 15.3 Å². The van der Waals surface area contributed by atoms with Gasteiger partial charge < -0.3 is 10.3 Å². The van der Waals surface area contributed by atoms with Crippen LogP contribution in [-0.4, -0.2) is 22.4 Å². The lowest BCUT2D eigenvalue weighted by Crippen LogP contribution is -2.35. The molecule has 1 atom stereocenters. The molecule has 0 spiro atoms. The molecule has 3 heterocycles. The number of halogens is 1. The molecule has 3 rings (SSSR count). The van der Waals surface area contributed by atoms with Crippen LogP contribution in [0.2, 0.25) is 0 Å². The molecule has 0 saturated carbocycles. The Morgan fingerprint density at radius 3 is 2.71 bits per heavy atom. The van der Waals surface area contributed by atoms with Crippen molar-refractivity contribution < 1.29 is 4.79 Å². The Morgan fingerprint density at radius 2 is 2.05 bits per heavy atom. The standard InChI is InChI=1S/C16H19N3O.ClH/c1-10(2)7-12-9-18-16(20)13-8-14(19-15(12)13)11-3-5-17-6-4-11;/h3-6,8,10,12,19H,7,9H2,1-2H3,(H,18,20);1H/t12-;/m1./s1. The number of hydrogen-bond acceptors (Lipinski definition) is 2. The van der Waals surface area contributed by atoms with Gasteiger partial charge in [-0.15, -0.1) is 12.4 Å². The fourth-order valence-corrected chi connectivity index (χ4v) is 2.85. The first-order valence-electron chi connectivity index (χ1n) is 7.06. The topological polar surface area (TPSA) is 57.8 Å². The highest BCUT2D eigenvalue weighted by molar-refractivity contribution is 5.98. The van der Waals surface area contributed by atoms with E-state index >= 15 is 0 Å². The summed E-state index contributed by atoms with van der Waals surface area (Å²) in [6.07, 6.45) is 4.60. The molecule has 21 heavy (non-hydrogen) atoms. The molecule has 4 nitrogen and oxygen atoms in total. The van der Waals surface area contributed by atoms with E-state index < -0.39 is 0 Å². The van der Waals surface area contributed by atoms with Gasteiger partial charge in [0.05, 0.1) is 5.56 Å². The van der Waals surface area contributed by atoms with Crippen molar-refractivity contribution in [1.29, 1.82) is 0 Å². The third-order valence-electron chi connectivity index (χ3n) is 3.76. The number of pyridine rings is 1. The summed E-state index contributed by atoms with van der Waals surface area (Å²) < 4.78 is 0. The number of H-pyrrole nitrogens is 1.